The van der Waals surface area contributed by atoms with Crippen molar-refractivity contribution in [2.75, 3.05) is 13.7 Å². The number of esters is 1. The Hall–Kier alpha value is -2.57. The third-order valence-corrected chi connectivity index (χ3v) is 5.07. The van der Waals surface area contributed by atoms with Crippen LogP contribution in [0.5, 0.6) is 5.75 Å². The van der Waals surface area contributed by atoms with Crippen LogP contribution in [-0.4, -0.2) is 54.5 Å². The molecule has 7 heteroatoms. The number of amides is 2. The first-order chi connectivity index (χ1) is 13.3. The molecule has 1 aromatic rings. The van der Waals surface area contributed by atoms with Crippen LogP contribution in [0.3, 0.4) is 0 Å². The van der Waals surface area contributed by atoms with E-state index in [9.17, 15) is 14.4 Å². The highest BCUT2D eigenvalue weighted by Crippen LogP contribution is 2.23. The summed E-state index contributed by atoms with van der Waals surface area (Å²) in [7, 11) is 1.49. The van der Waals surface area contributed by atoms with Gasteiger partial charge in [0.1, 0.15) is 5.75 Å². The van der Waals surface area contributed by atoms with Crippen LogP contribution >= 0.6 is 0 Å². The molecule has 1 saturated heterocycles. The monoisotopic (exact) mass is 390 g/mol. The van der Waals surface area contributed by atoms with Gasteiger partial charge in [-0.15, -0.1) is 0 Å². The van der Waals surface area contributed by atoms with Crippen molar-refractivity contribution in [1.82, 2.24) is 10.2 Å². The van der Waals surface area contributed by atoms with Gasteiger partial charge < -0.3 is 19.7 Å². The van der Waals surface area contributed by atoms with Crippen LogP contribution in [0.25, 0.3) is 0 Å². The number of rotatable bonds is 7. The number of hydrogen-bond donors (Lipinski definition) is 1. The Kier molecular flexibility index (Phi) is 7.84. The SMILES string of the molecule is COc1ccccc1C(=O)NCCC(=O)OC(C)C(=O)N1C(C)CCCC1C. The standard InChI is InChI=1S/C21H30N2O5/c1-14-8-7-9-15(2)23(14)21(26)16(3)28-19(24)12-13-22-20(25)17-10-5-6-11-18(17)27-4/h5-6,10-11,14-16H,7-9,12-13H2,1-4H3,(H,22,25). The molecule has 1 fully saturated rings. The number of nitrogens with one attached hydrogen (secondary N) is 1. The largest absolute Gasteiger partial charge is 0.496 e. The topological polar surface area (TPSA) is 84.9 Å². The zero-order valence-electron chi connectivity index (χ0n) is 17.1. The number of carbonyl (C=O) groups is 3. The normalized spacial score (nSPS) is 20.2. The van der Waals surface area contributed by atoms with Crippen molar-refractivity contribution in [3.05, 3.63) is 29.8 Å². The third-order valence-electron chi connectivity index (χ3n) is 5.07. The molecule has 7 nitrogen and oxygen atoms in total. The average Bonchev–Trinajstić information content (AvgIpc) is 2.67. The molecule has 2 rings (SSSR count). The number of benzene rings is 1. The molecule has 1 aliphatic rings. The summed E-state index contributed by atoms with van der Waals surface area (Å²) in [5.74, 6) is -0.540. The van der Waals surface area contributed by atoms with Crippen LogP contribution in [-0.2, 0) is 14.3 Å². The van der Waals surface area contributed by atoms with Crippen LogP contribution in [0.15, 0.2) is 24.3 Å². The molecular weight excluding hydrogens is 360 g/mol. The Morgan fingerprint density at radius 3 is 2.46 bits per heavy atom. The third kappa shape index (κ3) is 5.47. The van der Waals surface area contributed by atoms with Crippen molar-refractivity contribution in [1.29, 1.82) is 0 Å². The lowest BCUT2D eigenvalue weighted by molar-refractivity contribution is -0.162. The van der Waals surface area contributed by atoms with E-state index in [1.54, 1.807) is 31.2 Å². The highest BCUT2D eigenvalue weighted by atomic mass is 16.5. The zero-order chi connectivity index (χ0) is 20.7. The summed E-state index contributed by atoms with van der Waals surface area (Å²) in [5, 5.41) is 2.67. The molecule has 28 heavy (non-hydrogen) atoms. The van der Waals surface area contributed by atoms with Crippen molar-refractivity contribution >= 4 is 17.8 Å². The van der Waals surface area contributed by atoms with Crippen LogP contribution in [0, 0.1) is 0 Å². The van der Waals surface area contributed by atoms with Gasteiger partial charge in [0.05, 0.1) is 19.1 Å². The van der Waals surface area contributed by atoms with Gasteiger partial charge in [-0.05, 0) is 52.2 Å². The second-order valence-corrected chi connectivity index (χ2v) is 7.21. The maximum Gasteiger partial charge on any atom is 0.308 e. The molecule has 0 aromatic heterocycles. The van der Waals surface area contributed by atoms with Gasteiger partial charge >= 0.3 is 5.97 Å². The minimum atomic E-state index is -0.833. The summed E-state index contributed by atoms with van der Waals surface area (Å²) in [6, 6.07) is 7.15. The number of carbonyl (C=O) groups excluding carboxylic acids is 3. The summed E-state index contributed by atoms with van der Waals surface area (Å²) < 4.78 is 10.4. The summed E-state index contributed by atoms with van der Waals surface area (Å²) in [4.78, 5) is 38.8. The fraction of sp³-hybridized carbons (Fsp3) is 0.571. The van der Waals surface area contributed by atoms with E-state index in [2.05, 4.69) is 5.32 Å². The van der Waals surface area contributed by atoms with Crippen LogP contribution < -0.4 is 10.1 Å². The molecule has 3 unspecified atom stereocenters. The van der Waals surface area contributed by atoms with E-state index in [0.717, 1.165) is 19.3 Å². The molecule has 0 bridgehead atoms. The van der Waals surface area contributed by atoms with Gasteiger partial charge in [-0.3, -0.25) is 14.4 Å². The van der Waals surface area contributed by atoms with E-state index in [0.29, 0.717) is 11.3 Å². The Balaban J connectivity index is 1.80. The number of piperidine rings is 1. The second kappa shape index (κ2) is 10.1. The van der Waals surface area contributed by atoms with Crippen molar-refractivity contribution in [2.24, 2.45) is 0 Å². The van der Waals surface area contributed by atoms with E-state index in [4.69, 9.17) is 9.47 Å². The van der Waals surface area contributed by atoms with Gasteiger partial charge in [-0.2, -0.15) is 0 Å². The predicted octanol–water partition coefficient (Wildman–Crippen LogP) is 2.54. The van der Waals surface area contributed by atoms with Gasteiger partial charge in [0.2, 0.25) is 0 Å². The lowest BCUT2D eigenvalue weighted by Gasteiger charge is -2.40. The Bertz CT molecular complexity index is 696. The van der Waals surface area contributed by atoms with Gasteiger partial charge in [0.25, 0.3) is 11.8 Å². The Labute approximate surface area is 166 Å². The molecule has 2 amide bonds. The molecule has 1 aromatic carbocycles. The number of para-hydroxylation sites is 1. The van der Waals surface area contributed by atoms with E-state index in [1.807, 2.05) is 18.7 Å². The average molecular weight is 390 g/mol. The summed E-state index contributed by atoms with van der Waals surface area (Å²) in [6.07, 6.45) is 2.19. The second-order valence-electron chi connectivity index (χ2n) is 7.21. The van der Waals surface area contributed by atoms with Gasteiger partial charge in [0.15, 0.2) is 6.10 Å². The molecule has 0 saturated carbocycles. The predicted molar refractivity (Wildman–Crippen MR) is 105 cm³/mol. The first kappa shape index (κ1) is 21.7. The number of hydrogen-bond acceptors (Lipinski definition) is 5. The van der Waals surface area contributed by atoms with E-state index < -0.39 is 12.1 Å². The quantitative estimate of drug-likeness (QED) is 0.723. The molecule has 0 aliphatic carbocycles. The molecule has 154 valence electrons. The molecule has 3 atom stereocenters. The van der Waals surface area contributed by atoms with Crippen molar-refractivity contribution in [3.63, 3.8) is 0 Å². The first-order valence-electron chi connectivity index (χ1n) is 9.78. The van der Waals surface area contributed by atoms with E-state index in [-0.39, 0.29) is 36.9 Å². The van der Waals surface area contributed by atoms with Crippen molar-refractivity contribution in [2.45, 2.75) is 64.6 Å². The minimum absolute atomic E-state index is 0.0103. The Morgan fingerprint density at radius 2 is 1.82 bits per heavy atom. The zero-order valence-corrected chi connectivity index (χ0v) is 17.1. The fourth-order valence-electron chi connectivity index (χ4n) is 3.58. The summed E-state index contributed by atoms with van der Waals surface area (Å²) >= 11 is 0. The maximum atomic E-state index is 12.7. The van der Waals surface area contributed by atoms with Crippen LogP contribution in [0.1, 0.15) is 56.8 Å². The number of likely N-dealkylation sites (tertiary alicyclic amines) is 1. The molecular formula is C21H30N2O5. The molecule has 0 spiro atoms. The van der Waals surface area contributed by atoms with Gasteiger partial charge in [-0.1, -0.05) is 12.1 Å². The van der Waals surface area contributed by atoms with Gasteiger partial charge in [0, 0.05) is 18.6 Å². The fourth-order valence-corrected chi connectivity index (χ4v) is 3.58. The molecule has 1 heterocycles. The number of nitrogens with zero attached hydrogens (tertiary/aromatic N) is 1. The van der Waals surface area contributed by atoms with Crippen molar-refractivity contribution in [3.8, 4) is 5.75 Å². The highest BCUT2D eigenvalue weighted by molar-refractivity contribution is 5.97. The Morgan fingerprint density at radius 1 is 1.18 bits per heavy atom. The number of ether oxygens (including phenoxy) is 2. The summed E-state index contributed by atoms with van der Waals surface area (Å²) in [6.45, 7) is 5.76. The van der Waals surface area contributed by atoms with E-state index >= 15 is 0 Å². The lowest BCUT2D eigenvalue weighted by atomic mass is 9.97. The minimum Gasteiger partial charge on any atom is -0.496 e. The molecule has 0 radical (unpaired) electrons. The summed E-state index contributed by atoms with van der Waals surface area (Å²) in [5.41, 5.74) is 0.398. The van der Waals surface area contributed by atoms with Gasteiger partial charge in [-0.25, -0.2) is 0 Å². The molecule has 1 aliphatic heterocycles. The van der Waals surface area contributed by atoms with Crippen LogP contribution in [0.2, 0.25) is 0 Å². The van der Waals surface area contributed by atoms with Crippen molar-refractivity contribution < 1.29 is 23.9 Å². The van der Waals surface area contributed by atoms with Crippen LogP contribution in [0.4, 0.5) is 0 Å². The first-order valence-corrected chi connectivity index (χ1v) is 9.78. The lowest BCUT2D eigenvalue weighted by Crippen LogP contribution is -2.51. The highest BCUT2D eigenvalue weighted by Gasteiger charge is 2.33. The maximum absolute atomic E-state index is 12.7. The van der Waals surface area contributed by atoms with E-state index in [1.165, 1.54) is 7.11 Å². The smallest absolute Gasteiger partial charge is 0.308 e. The number of methoxy groups -OCH3 is 1. The molecule has 1 N–H and O–H groups in total.